The van der Waals surface area contributed by atoms with Gasteiger partial charge in [0.1, 0.15) is 21.0 Å². The molecule has 0 fully saturated rings. The highest BCUT2D eigenvalue weighted by atomic mass is 28.3. The zero-order valence-electron chi connectivity index (χ0n) is 9.46. The number of rotatable bonds is 4. The molecule has 0 unspecified atom stereocenters. The lowest BCUT2D eigenvalue weighted by atomic mass is 10.2. The summed E-state index contributed by atoms with van der Waals surface area (Å²) in [6.07, 6.45) is 1.15. The minimum Gasteiger partial charge on any atom is -0.242 e. The van der Waals surface area contributed by atoms with Gasteiger partial charge in [0.2, 0.25) is 0 Å². The zero-order chi connectivity index (χ0) is 10.6. The number of hydrogen-bond donors (Lipinski definition) is 0. The zero-order valence-corrected chi connectivity index (χ0v) is 10.5. The van der Waals surface area contributed by atoms with Crippen LogP contribution in [0, 0.1) is 0 Å². The third-order valence-corrected chi connectivity index (χ3v) is 3.34. The van der Waals surface area contributed by atoms with E-state index in [1.165, 1.54) is 5.56 Å². The van der Waals surface area contributed by atoms with Gasteiger partial charge in [-0.25, -0.2) is 4.58 Å². The molecule has 0 amide bonds. The maximum atomic E-state index is 4.09. The molecule has 0 aliphatic heterocycles. The second-order valence-corrected chi connectivity index (χ2v) is 10.5. The molecule has 76 valence electrons. The van der Waals surface area contributed by atoms with Gasteiger partial charge in [0.15, 0.2) is 6.54 Å². The van der Waals surface area contributed by atoms with Crippen LogP contribution in [-0.4, -0.2) is 25.5 Å². The average molecular weight is 206 g/mol. The Bertz CT molecular complexity index is 298. The van der Waals surface area contributed by atoms with Crippen LogP contribution in [0.1, 0.15) is 5.56 Å². The van der Waals surface area contributed by atoms with E-state index in [9.17, 15) is 0 Å². The first-order chi connectivity index (χ1) is 6.47. The first-order valence-electron chi connectivity index (χ1n) is 5.07. The van der Waals surface area contributed by atoms with Crippen molar-refractivity contribution in [1.29, 1.82) is 0 Å². The van der Waals surface area contributed by atoms with E-state index in [2.05, 4.69) is 61.3 Å². The summed E-state index contributed by atoms with van der Waals surface area (Å²) in [7, 11) is -1.01. The molecule has 0 radical (unpaired) electrons. The van der Waals surface area contributed by atoms with Crippen molar-refractivity contribution in [2.24, 2.45) is 0 Å². The minimum absolute atomic E-state index is 0.963. The molecule has 0 aliphatic rings. The molecule has 0 heterocycles. The smallest absolute Gasteiger partial charge is 0.167 e. The molecule has 0 spiro atoms. The van der Waals surface area contributed by atoms with E-state index in [0.29, 0.717) is 0 Å². The van der Waals surface area contributed by atoms with Gasteiger partial charge >= 0.3 is 0 Å². The molecular weight excluding hydrogens is 186 g/mol. The second kappa shape index (κ2) is 4.56. The third kappa shape index (κ3) is 4.37. The van der Waals surface area contributed by atoms with Crippen LogP contribution < -0.4 is 0 Å². The van der Waals surface area contributed by atoms with Gasteiger partial charge in [-0.2, -0.15) is 0 Å². The Balaban J connectivity index is 2.50. The van der Waals surface area contributed by atoms with Crippen molar-refractivity contribution < 1.29 is 4.58 Å². The normalized spacial score (nSPS) is 11.4. The first kappa shape index (κ1) is 11.2. The SMILES string of the molecule is C=[N+](Cc1ccccc1)C[Si](C)(C)C. The standard InChI is InChI=1S/C12H20NSi/c1-13(11-14(2,3)4)10-12-8-6-5-7-9-12/h5-9H,1,10-11H2,2-4H3/q+1. The van der Waals surface area contributed by atoms with E-state index < -0.39 is 8.07 Å². The van der Waals surface area contributed by atoms with Gasteiger partial charge < -0.3 is 0 Å². The van der Waals surface area contributed by atoms with Crippen molar-refractivity contribution in [3.05, 3.63) is 35.9 Å². The second-order valence-electron chi connectivity index (χ2n) is 5.03. The van der Waals surface area contributed by atoms with Crippen LogP contribution in [0.15, 0.2) is 30.3 Å². The van der Waals surface area contributed by atoms with Gasteiger partial charge in [0, 0.05) is 5.56 Å². The van der Waals surface area contributed by atoms with Crippen LogP contribution in [0.5, 0.6) is 0 Å². The summed E-state index contributed by atoms with van der Waals surface area (Å²) < 4.78 is 2.18. The molecule has 0 saturated heterocycles. The van der Waals surface area contributed by atoms with Crippen molar-refractivity contribution in [2.75, 3.05) is 6.17 Å². The fourth-order valence-electron chi connectivity index (χ4n) is 1.57. The fourth-order valence-corrected chi connectivity index (χ4v) is 3.02. The lowest BCUT2D eigenvalue weighted by Crippen LogP contribution is -2.33. The molecule has 1 rings (SSSR count). The molecular formula is C12H20NSi+. The Morgan fingerprint density at radius 3 is 2.21 bits per heavy atom. The number of benzene rings is 1. The highest BCUT2D eigenvalue weighted by Crippen LogP contribution is 2.04. The van der Waals surface area contributed by atoms with Crippen LogP contribution in [0.25, 0.3) is 0 Å². The molecule has 0 atom stereocenters. The van der Waals surface area contributed by atoms with E-state index in [1.54, 1.807) is 0 Å². The molecule has 2 heteroatoms. The average Bonchev–Trinajstić information content (AvgIpc) is 2.02. The van der Waals surface area contributed by atoms with E-state index in [0.717, 1.165) is 12.7 Å². The molecule has 0 aromatic heterocycles. The maximum Gasteiger partial charge on any atom is 0.167 e. The number of nitrogens with zero attached hydrogens (tertiary/aromatic N) is 1. The summed E-state index contributed by atoms with van der Waals surface area (Å²) in [6, 6.07) is 10.5. The molecule has 0 bridgehead atoms. The van der Waals surface area contributed by atoms with Gasteiger partial charge in [0.25, 0.3) is 0 Å². The van der Waals surface area contributed by atoms with Crippen molar-refractivity contribution in [3.63, 3.8) is 0 Å². The third-order valence-electron chi connectivity index (χ3n) is 1.95. The van der Waals surface area contributed by atoms with Gasteiger partial charge in [-0.05, 0) is 0 Å². The Morgan fingerprint density at radius 1 is 1.14 bits per heavy atom. The molecule has 1 aromatic carbocycles. The maximum absolute atomic E-state index is 4.09. The van der Waals surface area contributed by atoms with Crippen molar-refractivity contribution in [1.82, 2.24) is 0 Å². The quantitative estimate of drug-likeness (QED) is 0.405. The molecule has 0 aliphatic carbocycles. The fraction of sp³-hybridized carbons (Fsp3) is 0.417. The van der Waals surface area contributed by atoms with E-state index in [1.807, 2.05) is 0 Å². The van der Waals surface area contributed by atoms with E-state index >= 15 is 0 Å². The van der Waals surface area contributed by atoms with E-state index in [4.69, 9.17) is 0 Å². The predicted octanol–water partition coefficient (Wildman–Crippen LogP) is 2.78. The molecule has 0 saturated carbocycles. The van der Waals surface area contributed by atoms with Crippen molar-refractivity contribution in [3.8, 4) is 0 Å². The highest BCUT2D eigenvalue weighted by Gasteiger charge is 2.19. The first-order valence-corrected chi connectivity index (χ1v) is 8.77. The summed E-state index contributed by atoms with van der Waals surface area (Å²) in [5, 5.41) is 0. The largest absolute Gasteiger partial charge is 0.242 e. The van der Waals surface area contributed by atoms with Crippen LogP contribution >= 0.6 is 0 Å². The summed E-state index contributed by atoms with van der Waals surface area (Å²) >= 11 is 0. The molecule has 1 aromatic rings. The van der Waals surface area contributed by atoms with Crippen LogP contribution in [-0.2, 0) is 6.54 Å². The summed E-state index contributed by atoms with van der Waals surface area (Å²) in [5.74, 6) is 0. The van der Waals surface area contributed by atoms with E-state index in [-0.39, 0.29) is 0 Å². The summed E-state index contributed by atoms with van der Waals surface area (Å²) in [4.78, 5) is 0. The van der Waals surface area contributed by atoms with Crippen molar-refractivity contribution in [2.45, 2.75) is 26.2 Å². The topological polar surface area (TPSA) is 3.01 Å². The molecule has 1 nitrogen and oxygen atoms in total. The Labute approximate surface area is 88.1 Å². The Kier molecular flexibility index (Phi) is 3.64. The van der Waals surface area contributed by atoms with Crippen LogP contribution in [0.3, 0.4) is 0 Å². The Morgan fingerprint density at radius 2 is 1.71 bits per heavy atom. The van der Waals surface area contributed by atoms with Gasteiger partial charge in [-0.1, -0.05) is 50.0 Å². The minimum atomic E-state index is -1.01. The monoisotopic (exact) mass is 206 g/mol. The predicted molar refractivity (Wildman–Crippen MR) is 65.7 cm³/mol. The van der Waals surface area contributed by atoms with Gasteiger partial charge in [-0.15, -0.1) is 0 Å². The lowest BCUT2D eigenvalue weighted by Gasteiger charge is -2.12. The van der Waals surface area contributed by atoms with Gasteiger partial charge in [0.05, 0.1) is 0 Å². The number of hydrogen-bond acceptors (Lipinski definition) is 0. The summed E-state index contributed by atoms with van der Waals surface area (Å²) in [5.41, 5.74) is 1.35. The summed E-state index contributed by atoms with van der Waals surface area (Å²) in [6.45, 7) is 12.2. The van der Waals surface area contributed by atoms with Crippen LogP contribution in [0.4, 0.5) is 0 Å². The Hall–Kier alpha value is -0.893. The van der Waals surface area contributed by atoms with Crippen LogP contribution in [0.2, 0.25) is 19.6 Å². The highest BCUT2D eigenvalue weighted by molar-refractivity contribution is 6.75. The lowest BCUT2D eigenvalue weighted by molar-refractivity contribution is -0.519. The molecule has 14 heavy (non-hydrogen) atoms. The van der Waals surface area contributed by atoms with Gasteiger partial charge in [-0.3, -0.25) is 0 Å². The molecule has 0 N–H and O–H groups in total. The van der Waals surface area contributed by atoms with Crippen molar-refractivity contribution >= 4 is 14.8 Å².